The summed E-state index contributed by atoms with van der Waals surface area (Å²) in [5.74, 6) is 0.757. The third-order valence-electron chi connectivity index (χ3n) is 5.10. The maximum Gasteiger partial charge on any atom is 0.158 e. The summed E-state index contributed by atoms with van der Waals surface area (Å²) in [5.41, 5.74) is 3.18. The standard InChI is InChI=1S/C21H22N6/c1-14-5-6-17(15(10-14)11-22)20-18-7-8-23-12-19(18)21(26-25-20)24-16-4-3-9-27(2)13-16/h5-8,10,12,16H,3-4,9,13H2,1-2H3,(H,24,26)/t16-/m1/s1. The van der Waals surface area contributed by atoms with Gasteiger partial charge in [-0.2, -0.15) is 5.26 Å². The number of nitrogens with one attached hydrogen (secondary N) is 1. The number of hydrogen-bond donors (Lipinski definition) is 1. The Labute approximate surface area is 158 Å². The maximum absolute atomic E-state index is 9.54. The Hall–Kier alpha value is -3.04. The summed E-state index contributed by atoms with van der Waals surface area (Å²) in [6.07, 6.45) is 5.87. The van der Waals surface area contributed by atoms with Gasteiger partial charge in [-0.15, -0.1) is 10.2 Å². The number of aromatic nitrogens is 3. The SMILES string of the molecule is Cc1ccc(-c2nnc(N[C@@H]3CCCN(C)C3)c3cnccc23)c(C#N)c1. The number of nitrogens with zero attached hydrogens (tertiary/aromatic N) is 5. The monoisotopic (exact) mass is 358 g/mol. The molecule has 0 bridgehead atoms. The van der Waals surface area contributed by atoms with Crippen LogP contribution >= 0.6 is 0 Å². The van der Waals surface area contributed by atoms with Gasteiger partial charge in [-0.1, -0.05) is 12.1 Å². The molecule has 1 aliphatic heterocycles. The summed E-state index contributed by atoms with van der Waals surface area (Å²) in [4.78, 5) is 6.62. The van der Waals surface area contributed by atoms with Crippen LogP contribution in [0.3, 0.4) is 0 Å². The average Bonchev–Trinajstić information content (AvgIpc) is 2.68. The summed E-state index contributed by atoms with van der Waals surface area (Å²) in [7, 11) is 2.14. The molecular formula is C21H22N6. The first-order chi connectivity index (χ1) is 13.2. The molecular weight excluding hydrogens is 336 g/mol. The second kappa shape index (κ2) is 7.29. The van der Waals surface area contributed by atoms with Gasteiger partial charge in [-0.25, -0.2) is 0 Å². The van der Waals surface area contributed by atoms with Crippen molar-refractivity contribution >= 4 is 16.6 Å². The molecule has 0 amide bonds. The van der Waals surface area contributed by atoms with Gasteiger partial charge in [-0.05, 0) is 51.1 Å². The second-order valence-corrected chi connectivity index (χ2v) is 7.23. The first-order valence-electron chi connectivity index (χ1n) is 9.22. The highest BCUT2D eigenvalue weighted by Crippen LogP contribution is 2.32. The van der Waals surface area contributed by atoms with Crippen LogP contribution in [0, 0.1) is 18.3 Å². The molecule has 4 rings (SSSR count). The summed E-state index contributed by atoms with van der Waals surface area (Å²) in [6.45, 7) is 4.10. The Morgan fingerprint density at radius 3 is 2.93 bits per heavy atom. The van der Waals surface area contributed by atoms with E-state index in [-0.39, 0.29) is 0 Å². The molecule has 0 aliphatic carbocycles. The topological polar surface area (TPSA) is 77.7 Å². The fraction of sp³-hybridized carbons (Fsp3) is 0.333. The molecule has 6 heteroatoms. The summed E-state index contributed by atoms with van der Waals surface area (Å²) < 4.78 is 0. The normalized spacial score (nSPS) is 17.6. The number of piperidine rings is 1. The van der Waals surface area contributed by atoms with Crippen molar-refractivity contribution in [2.75, 3.05) is 25.5 Å². The van der Waals surface area contributed by atoms with Crippen molar-refractivity contribution in [3.8, 4) is 17.3 Å². The van der Waals surface area contributed by atoms with E-state index in [1.165, 1.54) is 6.42 Å². The molecule has 136 valence electrons. The lowest BCUT2D eigenvalue weighted by molar-refractivity contribution is 0.261. The second-order valence-electron chi connectivity index (χ2n) is 7.23. The predicted molar refractivity (Wildman–Crippen MR) is 106 cm³/mol. The van der Waals surface area contributed by atoms with Crippen LogP contribution in [-0.2, 0) is 0 Å². The van der Waals surface area contributed by atoms with E-state index >= 15 is 0 Å². The van der Waals surface area contributed by atoms with E-state index in [9.17, 15) is 5.26 Å². The Morgan fingerprint density at radius 2 is 2.11 bits per heavy atom. The largest absolute Gasteiger partial charge is 0.364 e. The van der Waals surface area contributed by atoms with Gasteiger partial charge in [0.1, 0.15) is 5.69 Å². The average molecular weight is 358 g/mol. The fourth-order valence-electron chi connectivity index (χ4n) is 3.74. The molecule has 1 N–H and O–H groups in total. The van der Waals surface area contributed by atoms with Gasteiger partial charge in [0, 0.05) is 41.3 Å². The highest BCUT2D eigenvalue weighted by molar-refractivity contribution is 6.00. The van der Waals surface area contributed by atoms with Crippen LogP contribution in [0.15, 0.2) is 36.7 Å². The number of benzene rings is 1. The molecule has 1 aliphatic rings. The predicted octanol–water partition coefficient (Wildman–Crippen LogP) is 3.38. The minimum atomic E-state index is 0.348. The maximum atomic E-state index is 9.54. The van der Waals surface area contributed by atoms with Crippen LogP contribution in [0.5, 0.6) is 0 Å². The van der Waals surface area contributed by atoms with Gasteiger partial charge in [0.25, 0.3) is 0 Å². The highest BCUT2D eigenvalue weighted by atomic mass is 15.2. The van der Waals surface area contributed by atoms with E-state index in [0.29, 0.717) is 11.6 Å². The molecule has 0 unspecified atom stereocenters. The fourth-order valence-corrected chi connectivity index (χ4v) is 3.74. The van der Waals surface area contributed by atoms with Crippen LogP contribution in [0.4, 0.5) is 5.82 Å². The van der Waals surface area contributed by atoms with E-state index in [4.69, 9.17) is 0 Å². The Kier molecular flexibility index (Phi) is 4.69. The number of fused-ring (bicyclic) bond motifs is 1. The van der Waals surface area contributed by atoms with Gasteiger partial charge in [-0.3, -0.25) is 4.98 Å². The van der Waals surface area contributed by atoms with E-state index in [0.717, 1.165) is 52.9 Å². The number of rotatable bonds is 3. The number of likely N-dealkylation sites (N-methyl/N-ethyl adjacent to an activating group) is 1. The zero-order valence-electron chi connectivity index (χ0n) is 15.6. The lowest BCUT2D eigenvalue weighted by atomic mass is 9.99. The minimum Gasteiger partial charge on any atom is -0.364 e. The molecule has 0 saturated carbocycles. The van der Waals surface area contributed by atoms with Crippen LogP contribution in [0.25, 0.3) is 22.0 Å². The smallest absolute Gasteiger partial charge is 0.158 e. The summed E-state index contributed by atoms with van der Waals surface area (Å²) in [5, 5.41) is 23.9. The van der Waals surface area contributed by atoms with Crippen molar-refractivity contribution in [1.29, 1.82) is 5.26 Å². The zero-order chi connectivity index (χ0) is 18.8. The third-order valence-corrected chi connectivity index (χ3v) is 5.10. The van der Waals surface area contributed by atoms with E-state index in [2.05, 4.69) is 38.5 Å². The molecule has 2 aromatic heterocycles. The number of anilines is 1. The number of nitriles is 1. The molecule has 6 nitrogen and oxygen atoms in total. The molecule has 3 aromatic rings. The van der Waals surface area contributed by atoms with Crippen LogP contribution in [-0.4, -0.2) is 46.3 Å². The van der Waals surface area contributed by atoms with Crippen molar-refractivity contribution in [3.05, 3.63) is 47.8 Å². The third kappa shape index (κ3) is 3.46. The Balaban J connectivity index is 1.78. The number of likely N-dealkylation sites (tertiary alicyclic amines) is 1. The van der Waals surface area contributed by atoms with Gasteiger partial charge >= 0.3 is 0 Å². The van der Waals surface area contributed by atoms with Crippen LogP contribution in [0.1, 0.15) is 24.0 Å². The Bertz CT molecular complexity index is 1020. The van der Waals surface area contributed by atoms with Crippen molar-refractivity contribution in [3.63, 3.8) is 0 Å². The van der Waals surface area contributed by atoms with E-state index < -0.39 is 0 Å². The van der Waals surface area contributed by atoms with Gasteiger partial charge < -0.3 is 10.2 Å². The molecule has 0 spiro atoms. The van der Waals surface area contributed by atoms with Crippen molar-refractivity contribution in [2.45, 2.75) is 25.8 Å². The summed E-state index contributed by atoms with van der Waals surface area (Å²) >= 11 is 0. The minimum absolute atomic E-state index is 0.348. The van der Waals surface area contributed by atoms with E-state index in [1.807, 2.05) is 37.4 Å². The quantitative estimate of drug-likeness (QED) is 0.773. The first-order valence-corrected chi connectivity index (χ1v) is 9.22. The molecule has 1 aromatic carbocycles. The molecule has 3 heterocycles. The first kappa shape index (κ1) is 17.4. The van der Waals surface area contributed by atoms with Crippen molar-refractivity contribution in [2.24, 2.45) is 0 Å². The number of aryl methyl sites for hydroxylation is 1. The molecule has 27 heavy (non-hydrogen) atoms. The van der Waals surface area contributed by atoms with Gasteiger partial charge in [0.2, 0.25) is 0 Å². The van der Waals surface area contributed by atoms with Crippen LogP contribution < -0.4 is 5.32 Å². The van der Waals surface area contributed by atoms with Gasteiger partial charge in [0.15, 0.2) is 5.82 Å². The number of pyridine rings is 1. The van der Waals surface area contributed by atoms with E-state index in [1.54, 1.807) is 6.20 Å². The molecule has 0 radical (unpaired) electrons. The molecule has 1 fully saturated rings. The lowest BCUT2D eigenvalue weighted by Gasteiger charge is -2.30. The molecule has 1 atom stereocenters. The van der Waals surface area contributed by atoms with Gasteiger partial charge in [0.05, 0.1) is 11.6 Å². The molecule has 1 saturated heterocycles. The summed E-state index contributed by atoms with van der Waals surface area (Å²) in [6, 6.07) is 10.4. The highest BCUT2D eigenvalue weighted by Gasteiger charge is 2.20. The van der Waals surface area contributed by atoms with Crippen molar-refractivity contribution in [1.82, 2.24) is 20.1 Å². The Morgan fingerprint density at radius 1 is 1.22 bits per heavy atom. The van der Waals surface area contributed by atoms with Crippen molar-refractivity contribution < 1.29 is 0 Å². The zero-order valence-corrected chi connectivity index (χ0v) is 15.6. The van der Waals surface area contributed by atoms with Crippen LogP contribution in [0.2, 0.25) is 0 Å². The lowest BCUT2D eigenvalue weighted by Crippen LogP contribution is -2.40. The number of hydrogen-bond acceptors (Lipinski definition) is 6.